The lowest BCUT2D eigenvalue weighted by molar-refractivity contribution is -0.137. The Morgan fingerprint density at radius 3 is 2.40 bits per heavy atom. The molecule has 3 fully saturated rings. The molecule has 1 aromatic heterocycles. The third-order valence-corrected chi connectivity index (χ3v) is 13.0. The lowest BCUT2D eigenvalue weighted by Gasteiger charge is -2.43. The summed E-state index contributed by atoms with van der Waals surface area (Å²) < 4.78 is 53.9. The van der Waals surface area contributed by atoms with Crippen molar-refractivity contribution in [2.24, 2.45) is 29.6 Å². The summed E-state index contributed by atoms with van der Waals surface area (Å²) in [5, 5.41) is 0.631. The second-order valence-corrected chi connectivity index (χ2v) is 14.8. The highest BCUT2D eigenvalue weighted by Crippen LogP contribution is 2.69. The van der Waals surface area contributed by atoms with Crippen LogP contribution in [0.2, 0.25) is 0 Å². The van der Waals surface area contributed by atoms with E-state index in [1.165, 1.54) is 30.0 Å². The molecule has 1 N–H and O–H groups in total. The van der Waals surface area contributed by atoms with Crippen molar-refractivity contribution in [3.05, 3.63) is 104 Å². The van der Waals surface area contributed by atoms with Crippen molar-refractivity contribution in [1.29, 1.82) is 0 Å². The van der Waals surface area contributed by atoms with Crippen LogP contribution in [0.15, 0.2) is 76.6 Å². The van der Waals surface area contributed by atoms with Crippen molar-refractivity contribution in [3.8, 4) is 11.5 Å². The Morgan fingerprint density at radius 2 is 1.66 bits per heavy atom. The summed E-state index contributed by atoms with van der Waals surface area (Å²) in [6.07, 6.45) is -4.11. The number of fused-ring (bicyclic) bond motifs is 9. The minimum absolute atomic E-state index is 0.110. The van der Waals surface area contributed by atoms with Crippen molar-refractivity contribution >= 4 is 40.6 Å². The number of carbonyl (C=O) groups excluding carboxylic acids is 2. The molecule has 2 aliphatic carbocycles. The van der Waals surface area contributed by atoms with Crippen molar-refractivity contribution in [2.45, 2.75) is 42.3 Å². The maximum absolute atomic E-state index is 14.0. The topological polar surface area (TPSA) is 88.7 Å². The van der Waals surface area contributed by atoms with Crippen LogP contribution in [0.3, 0.4) is 0 Å². The number of aryl methyl sites for hydroxylation is 1. The van der Waals surface area contributed by atoms with Gasteiger partial charge in [-0.2, -0.15) is 13.2 Å². The Kier molecular flexibility index (Phi) is 7.10. The fourth-order valence-corrected chi connectivity index (χ4v) is 11.3. The minimum Gasteiger partial charge on any atom is -0.493 e. The molecule has 47 heavy (non-hydrogen) atoms. The molecule has 8 rings (SSSR count). The minimum atomic E-state index is -4.72. The highest BCUT2D eigenvalue weighted by molar-refractivity contribution is 8.00. The molecule has 0 spiro atoms. The Morgan fingerprint density at radius 1 is 0.936 bits per heavy atom. The Bertz CT molecular complexity index is 1990. The smallest absolute Gasteiger partial charge is 0.418 e. The highest BCUT2D eigenvalue weighted by Gasteiger charge is 2.70. The average molecular weight is 679 g/mol. The molecular weight excluding hydrogens is 650 g/mol. The second kappa shape index (κ2) is 11.0. The SMILES string of the molecule is COc1cc(C2c3sc(=O)[nH]c3SC3C2[C@H]2C[C@@H]3C3C(=O)N(c4ccccc4C(F)(F)F)C(=O)C32)ccc1OCc1ccccc1C. The number of para-hydroxylation sites is 1. The van der Waals surface area contributed by atoms with E-state index in [1.807, 2.05) is 49.4 Å². The number of aromatic amines is 1. The number of benzene rings is 3. The van der Waals surface area contributed by atoms with Crippen molar-refractivity contribution in [3.63, 3.8) is 0 Å². The van der Waals surface area contributed by atoms with Crippen LogP contribution in [0.1, 0.15) is 39.5 Å². The first kappa shape index (κ1) is 30.3. The lowest BCUT2D eigenvalue weighted by Crippen LogP contribution is -2.42. The molecule has 242 valence electrons. The van der Waals surface area contributed by atoms with Crippen LogP contribution >= 0.6 is 23.1 Å². The molecule has 2 saturated carbocycles. The van der Waals surface area contributed by atoms with Crippen molar-refractivity contribution in [1.82, 2.24) is 4.98 Å². The van der Waals surface area contributed by atoms with Gasteiger partial charge in [-0.1, -0.05) is 53.8 Å². The summed E-state index contributed by atoms with van der Waals surface area (Å²) in [4.78, 5) is 45.0. The number of imide groups is 1. The van der Waals surface area contributed by atoms with Crippen molar-refractivity contribution in [2.75, 3.05) is 12.0 Å². The van der Waals surface area contributed by atoms with Gasteiger partial charge in [-0.15, -0.1) is 11.8 Å². The predicted molar refractivity (Wildman–Crippen MR) is 171 cm³/mol. The van der Waals surface area contributed by atoms with Gasteiger partial charge in [0.15, 0.2) is 11.5 Å². The Labute approximate surface area is 276 Å². The van der Waals surface area contributed by atoms with Crippen LogP contribution in [0.4, 0.5) is 18.9 Å². The quantitative estimate of drug-likeness (QED) is 0.221. The molecule has 2 amide bonds. The van der Waals surface area contributed by atoms with Crippen molar-refractivity contribution < 1.29 is 32.2 Å². The highest BCUT2D eigenvalue weighted by atomic mass is 32.2. The molecule has 4 aliphatic rings. The number of anilines is 1. The lowest BCUT2D eigenvalue weighted by atomic mass is 9.68. The molecule has 3 aromatic carbocycles. The van der Waals surface area contributed by atoms with E-state index in [2.05, 4.69) is 4.98 Å². The fourth-order valence-electron chi connectivity index (χ4n) is 8.46. The van der Waals surface area contributed by atoms with E-state index in [0.29, 0.717) is 24.5 Å². The maximum atomic E-state index is 14.0. The van der Waals surface area contributed by atoms with E-state index in [1.54, 1.807) is 7.11 Å². The number of halogens is 3. The normalized spacial score (nSPS) is 27.5. The van der Waals surface area contributed by atoms with E-state index < -0.39 is 41.1 Å². The van der Waals surface area contributed by atoms with Gasteiger partial charge in [0.1, 0.15) is 6.61 Å². The number of aromatic nitrogens is 1. The molecule has 5 unspecified atom stereocenters. The van der Waals surface area contributed by atoms with Gasteiger partial charge in [-0.05, 0) is 72.1 Å². The number of thiazole rings is 1. The molecular formula is C35H29F3N2O5S2. The number of hydrogen-bond donors (Lipinski definition) is 1. The van der Waals surface area contributed by atoms with Crippen LogP contribution in [0, 0.1) is 36.5 Å². The van der Waals surface area contributed by atoms with Crippen LogP contribution < -0.4 is 19.2 Å². The monoisotopic (exact) mass is 678 g/mol. The summed E-state index contributed by atoms with van der Waals surface area (Å²) in [7, 11) is 1.57. The average Bonchev–Trinajstić information content (AvgIpc) is 3.79. The fraction of sp³-hybridized carbons (Fsp3) is 0.343. The summed E-state index contributed by atoms with van der Waals surface area (Å²) in [5.74, 6) is -2.37. The predicted octanol–water partition coefficient (Wildman–Crippen LogP) is 7.03. The number of alkyl halides is 3. The first-order chi connectivity index (χ1) is 22.6. The molecule has 3 heterocycles. The number of amides is 2. The molecule has 0 radical (unpaired) electrons. The maximum Gasteiger partial charge on any atom is 0.418 e. The summed E-state index contributed by atoms with van der Waals surface area (Å²) in [6, 6.07) is 18.4. The number of thioether (sulfide) groups is 1. The van der Waals surface area contributed by atoms with Gasteiger partial charge in [0, 0.05) is 16.0 Å². The van der Waals surface area contributed by atoms with Gasteiger partial charge in [0.05, 0.1) is 35.2 Å². The summed E-state index contributed by atoms with van der Waals surface area (Å²) >= 11 is 2.66. The number of hydrogen-bond acceptors (Lipinski definition) is 7. The number of nitrogens with one attached hydrogen (secondary N) is 1. The number of methoxy groups -OCH3 is 1. The number of rotatable bonds is 6. The zero-order valence-electron chi connectivity index (χ0n) is 25.2. The van der Waals surface area contributed by atoms with E-state index >= 15 is 0 Å². The van der Waals surface area contributed by atoms with Gasteiger partial charge < -0.3 is 14.5 Å². The van der Waals surface area contributed by atoms with E-state index in [0.717, 1.165) is 48.9 Å². The van der Waals surface area contributed by atoms with Crippen LogP contribution in [-0.2, 0) is 22.4 Å². The zero-order valence-corrected chi connectivity index (χ0v) is 26.9. The van der Waals surface area contributed by atoms with Gasteiger partial charge in [0.25, 0.3) is 0 Å². The number of ether oxygens (including phenoxy) is 2. The second-order valence-electron chi connectivity index (χ2n) is 12.6. The Balaban J connectivity index is 1.16. The standard InChI is InChI=1S/C35H29F3N2O5S2/c1-16-7-3-4-8-18(16)15-45-23-12-11-17(13-24(23)44-2)25-26-19-14-20(29(26)46-31-30(25)47-34(43)39-31)28-27(19)32(41)40(33(28)42)22-10-6-5-9-21(22)35(36,37)38/h3-13,19-20,25-29H,14-15H2,1-2H3,(H,39,43)/t19-,20-,25?,26?,27?,28?,29?/m1/s1. The number of nitrogens with zero attached hydrogens (tertiary/aromatic N) is 1. The third kappa shape index (κ3) is 4.66. The first-order valence-corrected chi connectivity index (χ1v) is 17.1. The number of carbonyl (C=O) groups is 2. The largest absolute Gasteiger partial charge is 0.493 e. The van der Waals surface area contributed by atoms with Crippen LogP contribution in [0.5, 0.6) is 11.5 Å². The molecule has 12 heteroatoms. The molecule has 1 saturated heterocycles. The zero-order chi connectivity index (χ0) is 32.8. The van der Waals surface area contributed by atoms with E-state index in [9.17, 15) is 27.6 Å². The molecule has 2 aliphatic heterocycles. The van der Waals surface area contributed by atoms with Crippen LogP contribution in [-0.4, -0.2) is 29.2 Å². The molecule has 7 nitrogen and oxygen atoms in total. The first-order valence-electron chi connectivity index (χ1n) is 15.4. The molecule has 4 aromatic rings. The van der Waals surface area contributed by atoms with Gasteiger partial charge in [-0.3, -0.25) is 14.4 Å². The Hall–Kier alpha value is -4.03. The molecule has 7 atom stereocenters. The van der Waals surface area contributed by atoms with E-state index in [4.69, 9.17) is 9.47 Å². The third-order valence-electron chi connectivity index (χ3n) is 10.4. The molecule has 2 bridgehead atoms. The number of H-pyrrole nitrogens is 1. The van der Waals surface area contributed by atoms with Crippen LogP contribution in [0.25, 0.3) is 0 Å². The summed E-state index contributed by atoms with van der Waals surface area (Å²) in [5.41, 5.74) is 1.63. The van der Waals surface area contributed by atoms with Gasteiger partial charge >= 0.3 is 11.0 Å². The summed E-state index contributed by atoms with van der Waals surface area (Å²) in [6.45, 7) is 2.38. The van der Waals surface area contributed by atoms with Gasteiger partial charge in [0.2, 0.25) is 11.8 Å². The van der Waals surface area contributed by atoms with Gasteiger partial charge in [-0.25, -0.2) is 4.90 Å². The van der Waals surface area contributed by atoms with E-state index in [-0.39, 0.29) is 33.8 Å².